The monoisotopic (exact) mass is 411 g/mol. The maximum Gasteiger partial charge on any atom is 0.491 e. The predicted molar refractivity (Wildman–Crippen MR) is 79.7 cm³/mol. The van der Waals surface area contributed by atoms with Crippen LogP contribution in [0.2, 0.25) is 0 Å². The number of carbonyl (C=O) groups excluding carboxylic acids is 3. The number of aromatic nitrogens is 1. The molecular formula is C13H13BrF3N3O4. The van der Waals surface area contributed by atoms with Crippen LogP contribution in [-0.2, 0) is 19.1 Å². The summed E-state index contributed by atoms with van der Waals surface area (Å²) in [4.78, 5) is 37.5. The van der Waals surface area contributed by atoms with Gasteiger partial charge in [0.2, 0.25) is 5.91 Å². The number of hydrogen-bond acceptors (Lipinski definition) is 6. The highest BCUT2D eigenvalue weighted by molar-refractivity contribution is 9.10. The summed E-state index contributed by atoms with van der Waals surface area (Å²) in [5.41, 5.74) is 5.94. The summed E-state index contributed by atoms with van der Waals surface area (Å²) in [6, 6.07) is 1.66. The van der Waals surface area contributed by atoms with Gasteiger partial charge in [0.05, 0.1) is 5.69 Å². The molecule has 0 aliphatic heterocycles. The molecule has 0 saturated carbocycles. The Kier molecular flexibility index (Phi) is 6.84. The molecule has 0 radical (unpaired) electrons. The molecule has 0 spiro atoms. The fourth-order valence-corrected chi connectivity index (χ4v) is 1.67. The van der Waals surface area contributed by atoms with Gasteiger partial charge in [-0.2, -0.15) is 13.2 Å². The third-order valence-electron chi connectivity index (χ3n) is 2.70. The van der Waals surface area contributed by atoms with Crippen molar-refractivity contribution in [3.05, 3.63) is 22.3 Å². The number of rotatable bonds is 5. The van der Waals surface area contributed by atoms with Gasteiger partial charge in [0.15, 0.2) is 0 Å². The van der Waals surface area contributed by atoms with Crippen LogP contribution in [0.5, 0.6) is 0 Å². The van der Waals surface area contributed by atoms with E-state index in [1.165, 1.54) is 6.07 Å². The van der Waals surface area contributed by atoms with Crippen molar-refractivity contribution in [2.45, 2.75) is 32.0 Å². The lowest BCUT2D eigenvalue weighted by Crippen LogP contribution is -2.38. The van der Waals surface area contributed by atoms with E-state index in [1.807, 2.05) is 0 Å². The van der Waals surface area contributed by atoms with Crippen LogP contribution in [0.25, 0.3) is 0 Å². The summed E-state index contributed by atoms with van der Waals surface area (Å²) in [7, 11) is 0. The maximum absolute atomic E-state index is 11.9. The molecule has 11 heteroatoms. The minimum absolute atomic E-state index is 0.268. The Balaban J connectivity index is 2.47. The molecule has 1 rings (SSSR count). The first-order valence-corrected chi connectivity index (χ1v) is 7.31. The molecule has 1 heterocycles. The number of pyridine rings is 1. The van der Waals surface area contributed by atoms with Crippen LogP contribution < -0.4 is 11.1 Å². The molecule has 0 fully saturated rings. The quantitative estimate of drug-likeness (QED) is 0.564. The number of nitrogens with one attached hydrogen (secondary N) is 1. The third-order valence-corrected chi connectivity index (χ3v) is 3.54. The third kappa shape index (κ3) is 6.24. The zero-order valence-corrected chi connectivity index (χ0v) is 13.9. The molecule has 0 aliphatic rings. The molecule has 0 aromatic carbocycles. The van der Waals surface area contributed by atoms with Gasteiger partial charge in [-0.3, -0.25) is 4.79 Å². The van der Waals surface area contributed by atoms with E-state index in [4.69, 9.17) is 5.73 Å². The standard InChI is InChI=1S/C13H13BrF3N3O4/c1-6-7(14)2-4-9(19-6)20-10(21)5-3-8(18)11(22)24-12(23)13(15,16)17/h2,4,8H,3,5,18H2,1H3,(H,19,20,21)/t8-/m0/s1. The van der Waals surface area contributed by atoms with Crippen LogP contribution in [0.4, 0.5) is 19.0 Å². The minimum Gasteiger partial charge on any atom is -0.385 e. The van der Waals surface area contributed by atoms with Gasteiger partial charge in [0.25, 0.3) is 0 Å². The van der Waals surface area contributed by atoms with E-state index in [0.717, 1.165) is 4.47 Å². The molecule has 0 saturated heterocycles. The van der Waals surface area contributed by atoms with Gasteiger partial charge in [0, 0.05) is 10.9 Å². The predicted octanol–water partition coefficient (Wildman–Crippen LogP) is 1.83. The van der Waals surface area contributed by atoms with Gasteiger partial charge in [-0.25, -0.2) is 14.6 Å². The van der Waals surface area contributed by atoms with Crippen LogP contribution in [0.15, 0.2) is 16.6 Å². The zero-order chi connectivity index (χ0) is 18.5. The maximum atomic E-state index is 11.9. The van der Waals surface area contributed by atoms with Gasteiger partial charge < -0.3 is 15.8 Å². The second kappa shape index (κ2) is 8.20. The van der Waals surface area contributed by atoms with Crippen LogP contribution in [0.3, 0.4) is 0 Å². The number of nitrogens with zero attached hydrogens (tertiary/aromatic N) is 1. The molecule has 1 amide bonds. The summed E-state index contributed by atoms with van der Waals surface area (Å²) < 4.78 is 40.2. The van der Waals surface area contributed by atoms with Crippen LogP contribution in [-0.4, -0.2) is 35.0 Å². The van der Waals surface area contributed by atoms with Crippen LogP contribution >= 0.6 is 15.9 Å². The second-order valence-electron chi connectivity index (χ2n) is 4.66. The Morgan fingerprint density at radius 2 is 2.00 bits per heavy atom. The first-order chi connectivity index (χ1) is 11.0. The number of ether oxygens (including phenoxy) is 1. The highest BCUT2D eigenvalue weighted by Gasteiger charge is 2.43. The molecule has 1 aromatic heterocycles. The van der Waals surface area contributed by atoms with Crippen molar-refractivity contribution in [1.29, 1.82) is 0 Å². The molecule has 7 nitrogen and oxygen atoms in total. The van der Waals surface area contributed by atoms with Gasteiger partial charge in [-0.1, -0.05) is 0 Å². The van der Waals surface area contributed by atoms with Crippen molar-refractivity contribution in [3.8, 4) is 0 Å². The molecule has 1 atom stereocenters. The van der Waals surface area contributed by atoms with Crippen molar-refractivity contribution in [2.75, 3.05) is 5.32 Å². The van der Waals surface area contributed by atoms with Crippen molar-refractivity contribution in [2.24, 2.45) is 5.73 Å². The number of aryl methyl sites for hydroxylation is 1. The fraction of sp³-hybridized carbons (Fsp3) is 0.385. The molecule has 0 bridgehead atoms. The van der Waals surface area contributed by atoms with E-state index in [0.29, 0.717) is 5.69 Å². The number of anilines is 1. The summed E-state index contributed by atoms with van der Waals surface area (Å²) >= 11 is 3.24. The number of alkyl halides is 3. The average molecular weight is 412 g/mol. The number of carbonyl (C=O) groups is 3. The molecule has 0 aliphatic carbocycles. The van der Waals surface area contributed by atoms with Crippen LogP contribution in [0.1, 0.15) is 18.5 Å². The van der Waals surface area contributed by atoms with Gasteiger partial charge in [0.1, 0.15) is 11.9 Å². The number of amides is 1. The summed E-state index contributed by atoms with van der Waals surface area (Å²) in [5, 5.41) is 2.44. The van der Waals surface area contributed by atoms with Gasteiger partial charge in [-0.15, -0.1) is 0 Å². The Labute approximate surface area is 142 Å². The summed E-state index contributed by atoms with van der Waals surface area (Å²) in [6.07, 6.45) is -5.86. The molecule has 24 heavy (non-hydrogen) atoms. The van der Waals surface area contributed by atoms with Gasteiger partial charge >= 0.3 is 18.1 Å². The Hall–Kier alpha value is -2.01. The zero-order valence-electron chi connectivity index (χ0n) is 12.3. The first-order valence-electron chi connectivity index (χ1n) is 6.52. The normalized spacial score (nSPS) is 12.4. The van der Waals surface area contributed by atoms with E-state index in [-0.39, 0.29) is 18.7 Å². The first kappa shape index (κ1) is 20.0. The summed E-state index contributed by atoms with van der Waals surface area (Å²) in [6.45, 7) is 1.71. The smallest absolute Gasteiger partial charge is 0.385 e. The second-order valence-corrected chi connectivity index (χ2v) is 5.52. The largest absolute Gasteiger partial charge is 0.491 e. The van der Waals surface area contributed by atoms with E-state index in [1.54, 1.807) is 13.0 Å². The number of halogens is 4. The number of hydrogen-bond donors (Lipinski definition) is 2. The Bertz CT molecular complexity index is 652. The lowest BCUT2D eigenvalue weighted by Gasteiger charge is -2.11. The highest BCUT2D eigenvalue weighted by Crippen LogP contribution is 2.18. The molecule has 3 N–H and O–H groups in total. The minimum atomic E-state index is -5.29. The lowest BCUT2D eigenvalue weighted by atomic mass is 10.1. The SMILES string of the molecule is Cc1nc(NC(=O)CC[C@H](N)C(=O)OC(=O)C(F)(F)F)ccc1Br. The van der Waals surface area contributed by atoms with Crippen molar-refractivity contribution in [1.82, 2.24) is 4.98 Å². The summed E-state index contributed by atoms with van der Waals surface area (Å²) in [5.74, 6) is -4.48. The van der Waals surface area contributed by atoms with Crippen LogP contribution in [0, 0.1) is 6.92 Å². The van der Waals surface area contributed by atoms with Crippen molar-refractivity contribution < 1.29 is 32.3 Å². The van der Waals surface area contributed by atoms with E-state index in [2.05, 4.69) is 31.0 Å². The van der Waals surface area contributed by atoms with E-state index < -0.39 is 30.1 Å². The average Bonchev–Trinajstić information content (AvgIpc) is 2.47. The topological polar surface area (TPSA) is 111 Å². The van der Waals surface area contributed by atoms with E-state index >= 15 is 0 Å². The number of nitrogens with two attached hydrogens (primary N) is 1. The van der Waals surface area contributed by atoms with E-state index in [9.17, 15) is 27.6 Å². The number of esters is 2. The Morgan fingerprint density at radius 1 is 1.38 bits per heavy atom. The molecule has 0 unspecified atom stereocenters. The molecule has 132 valence electrons. The lowest BCUT2D eigenvalue weighted by molar-refractivity contribution is -0.202. The fourth-order valence-electron chi connectivity index (χ4n) is 1.45. The van der Waals surface area contributed by atoms with Crippen molar-refractivity contribution in [3.63, 3.8) is 0 Å². The molecule has 1 aromatic rings. The highest BCUT2D eigenvalue weighted by atomic mass is 79.9. The molecular weight excluding hydrogens is 399 g/mol. The van der Waals surface area contributed by atoms with Crippen molar-refractivity contribution >= 4 is 39.6 Å². The Morgan fingerprint density at radius 3 is 2.54 bits per heavy atom. The van der Waals surface area contributed by atoms with Gasteiger partial charge in [-0.05, 0) is 41.4 Å².